The van der Waals surface area contributed by atoms with Gasteiger partial charge in [-0.2, -0.15) is 0 Å². The lowest BCUT2D eigenvalue weighted by atomic mass is 10.2. The maximum Gasteiger partial charge on any atom is 0.139 e. The number of benzene rings is 1. The Kier molecular flexibility index (Phi) is 2.17. The molecule has 2 rings (SSSR count). The summed E-state index contributed by atoms with van der Waals surface area (Å²) in [7, 11) is 0. The molecule has 0 aliphatic rings. The summed E-state index contributed by atoms with van der Waals surface area (Å²) in [4.78, 5) is 0. The van der Waals surface area contributed by atoms with E-state index in [1.165, 1.54) is 5.56 Å². The van der Waals surface area contributed by atoms with Gasteiger partial charge in [-0.25, -0.2) is 0 Å². The third-order valence-corrected chi connectivity index (χ3v) is 2.45. The number of nitrogens with zero attached hydrogens (tertiary/aromatic N) is 1. The van der Waals surface area contributed by atoms with Crippen LogP contribution < -0.4 is 5.73 Å². The topological polar surface area (TPSA) is 51.2 Å². The SMILES string of the molecule is Cc1cn(CCN)c2c(O)cccc12. The van der Waals surface area contributed by atoms with Crippen LogP contribution in [-0.2, 0) is 6.54 Å². The van der Waals surface area contributed by atoms with Crippen LogP contribution in [0.5, 0.6) is 5.75 Å². The molecular weight excluding hydrogens is 176 g/mol. The largest absolute Gasteiger partial charge is 0.506 e. The molecular formula is C11H14N2O. The smallest absolute Gasteiger partial charge is 0.139 e. The van der Waals surface area contributed by atoms with Gasteiger partial charge in [0.15, 0.2) is 0 Å². The molecule has 3 nitrogen and oxygen atoms in total. The first-order chi connectivity index (χ1) is 6.74. The zero-order valence-electron chi connectivity index (χ0n) is 8.20. The molecule has 0 atom stereocenters. The predicted molar refractivity (Wildman–Crippen MR) is 57.4 cm³/mol. The molecule has 0 radical (unpaired) electrons. The molecule has 0 amide bonds. The first-order valence-electron chi connectivity index (χ1n) is 4.71. The van der Waals surface area contributed by atoms with Crippen molar-refractivity contribution in [3.05, 3.63) is 30.0 Å². The van der Waals surface area contributed by atoms with Gasteiger partial charge in [0.1, 0.15) is 5.75 Å². The molecule has 0 aliphatic heterocycles. The summed E-state index contributed by atoms with van der Waals surface area (Å²) in [6.45, 7) is 3.36. The summed E-state index contributed by atoms with van der Waals surface area (Å²) in [5, 5.41) is 10.8. The molecule has 1 heterocycles. The van der Waals surface area contributed by atoms with Crippen molar-refractivity contribution in [1.82, 2.24) is 4.57 Å². The minimum absolute atomic E-state index is 0.323. The average Bonchev–Trinajstić information content (AvgIpc) is 2.46. The van der Waals surface area contributed by atoms with Gasteiger partial charge in [0.25, 0.3) is 0 Å². The van der Waals surface area contributed by atoms with Gasteiger partial charge < -0.3 is 15.4 Å². The zero-order chi connectivity index (χ0) is 10.1. The van der Waals surface area contributed by atoms with Gasteiger partial charge in [-0.05, 0) is 18.6 Å². The number of rotatable bonds is 2. The fourth-order valence-electron chi connectivity index (χ4n) is 1.83. The van der Waals surface area contributed by atoms with E-state index in [4.69, 9.17) is 5.73 Å². The molecule has 0 spiro atoms. The summed E-state index contributed by atoms with van der Waals surface area (Å²) in [6, 6.07) is 5.57. The van der Waals surface area contributed by atoms with Crippen molar-refractivity contribution in [3.63, 3.8) is 0 Å². The number of aromatic nitrogens is 1. The van der Waals surface area contributed by atoms with Crippen LogP contribution >= 0.6 is 0 Å². The lowest BCUT2D eigenvalue weighted by Gasteiger charge is -2.03. The van der Waals surface area contributed by atoms with Crippen LogP contribution in [0.1, 0.15) is 5.56 Å². The molecule has 74 valence electrons. The van der Waals surface area contributed by atoms with E-state index >= 15 is 0 Å². The molecule has 0 saturated heterocycles. The first-order valence-corrected chi connectivity index (χ1v) is 4.71. The van der Waals surface area contributed by atoms with Crippen molar-refractivity contribution in [2.75, 3.05) is 6.54 Å². The number of phenolic OH excluding ortho intramolecular Hbond substituents is 1. The molecule has 0 unspecified atom stereocenters. The van der Waals surface area contributed by atoms with E-state index in [9.17, 15) is 5.11 Å². The Morgan fingerprint density at radius 3 is 2.93 bits per heavy atom. The highest BCUT2D eigenvalue weighted by Crippen LogP contribution is 2.28. The van der Waals surface area contributed by atoms with Gasteiger partial charge in [-0.1, -0.05) is 12.1 Å². The number of hydrogen-bond acceptors (Lipinski definition) is 2. The number of phenols is 1. The van der Waals surface area contributed by atoms with E-state index in [1.807, 2.05) is 29.8 Å². The third-order valence-electron chi connectivity index (χ3n) is 2.45. The van der Waals surface area contributed by atoms with E-state index in [0.717, 1.165) is 17.4 Å². The highest BCUT2D eigenvalue weighted by Gasteiger charge is 2.07. The van der Waals surface area contributed by atoms with Crippen LogP contribution in [0.25, 0.3) is 10.9 Å². The molecule has 3 N–H and O–H groups in total. The predicted octanol–water partition coefficient (Wildman–Crippen LogP) is 1.61. The Bertz CT molecular complexity index is 460. The van der Waals surface area contributed by atoms with Gasteiger partial charge in [0.05, 0.1) is 5.52 Å². The summed E-state index contributed by atoms with van der Waals surface area (Å²) < 4.78 is 2.00. The van der Waals surface area contributed by atoms with Crippen LogP contribution in [0.4, 0.5) is 0 Å². The standard InChI is InChI=1S/C11H14N2O/c1-8-7-13(6-5-12)11-9(8)3-2-4-10(11)14/h2-4,7,14H,5-6,12H2,1H3. The van der Waals surface area contributed by atoms with Crippen molar-refractivity contribution in [2.24, 2.45) is 5.73 Å². The summed E-state index contributed by atoms with van der Waals surface area (Å²) >= 11 is 0. The van der Waals surface area contributed by atoms with Crippen LogP contribution in [0, 0.1) is 6.92 Å². The Balaban J connectivity index is 2.72. The van der Waals surface area contributed by atoms with Crippen LogP contribution in [0.2, 0.25) is 0 Å². The van der Waals surface area contributed by atoms with Crippen molar-refractivity contribution in [1.29, 1.82) is 0 Å². The second-order valence-electron chi connectivity index (χ2n) is 3.47. The minimum atomic E-state index is 0.323. The van der Waals surface area contributed by atoms with Gasteiger partial charge in [0, 0.05) is 24.7 Å². The summed E-state index contributed by atoms with van der Waals surface area (Å²) in [5.41, 5.74) is 7.56. The maximum absolute atomic E-state index is 9.73. The Hall–Kier alpha value is -1.48. The molecule has 0 saturated carbocycles. The fraction of sp³-hybridized carbons (Fsp3) is 0.273. The molecule has 2 aromatic rings. The second kappa shape index (κ2) is 3.35. The number of hydrogen-bond donors (Lipinski definition) is 2. The number of fused-ring (bicyclic) bond motifs is 1. The normalized spacial score (nSPS) is 11.0. The zero-order valence-corrected chi connectivity index (χ0v) is 8.20. The van der Waals surface area contributed by atoms with Gasteiger partial charge in [0.2, 0.25) is 0 Å². The van der Waals surface area contributed by atoms with E-state index < -0.39 is 0 Å². The summed E-state index contributed by atoms with van der Waals surface area (Å²) in [6.07, 6.45) is 2.03. The molecule has 0 fully saturated rings. The van der Waals surface area contributed by atoms with Crippen LogP contribution in [-0.4, -0.2) is 16.2 Å². The molecule has 3 heteroatoms. The van der Waals surface area contributed by atoms with Gasteiger partial charge in [-0.3, -0.25) is 0 Å². The lowest BCUT2D eigenvalue weighted by molar-refractivity contribution is 0.477. The van der Waals surface area contributed by atoms with Crippen LogP contribution in [0.3, 0.4) is 0 Å². The third kappa shape index (κ3) is 1.26. The quantitative estimate of drug-likeness (QED) is 0.756. The molecule has 14 heavy (non-hydrogen) atoms. The van der Waals surface area contributed by atoms with Gasteiger partial charge in [-0.15, -0.1) is 0 Å². The number of aryl methyl sites for hydroxylation is 1. The monoisotopic (exact) mass is 190 g/mol. The molecule has 0 bridgehead atoms. The number of nitrogens with two attached hydrogens (primary N) is 1. The molecule has 1 aromatic carbocycles. The van der Waals surface area contributed by atoms with Crippen molar-refractivity contribution < 1.29 is 5.11 Å². The van der Waals surface area contributed by atoms with Crippen molar-refractivity contribution in [3.8, 4) is 5.75 Å². The lowest BCUT2D eigenvalue weighted by Crippen LogP contribution is -2.08. The highest BCUT2D eigenvalue weighted by atomic mass is 16.3. The van der Waals surface area contributed by atoms with Gasteiger partial charge >= 0.3 is 0 Å². The highest BCUT2D eigenvalue weighted by molar-refractivity contribution is 5.88. The fourth-order valence-corrected chi connectivity index (χ4v) is 1.83. The van der Waals surface area contributed by atoms with E-state index in [1.54, 1.807) is 6.07 Å². The summed E-state index contributed by atoms with van der Waals surface area (Å²) in [5.74, 6) is 0.323. The number of para-hydroxylation sites is 1. The van der Waals surface area contributed by atoms with Crippen molar-refractivity contribution in [2.45, 2.75) is 13.5 Å². The van der Waals surface area contributed by atoms with E-state index in [-0.39, 0.29) is 0 Å². The average molecular weight is 190 g/mol. The Labute approximate surface area is 82.8 Å². The molecule has 0 aliphatic carbocycles. The maximum atomic E-state index is 9.73. The number of aromatic hydroxyl groups is 1. The Morgan fingerprint density at radius 2 is 2.21 bits per heavy atom. The minimum Gasteiger partial charge on any atom is -0.506 e. The van der Waals surface area contributed by atoms with E-state index in [2.05, 4.69) is 0 Å². The van der Waals surface area contributed by atoms with Crippen molar-refractivity contribution >= 4 is 10.9 Å². The second-order valence-corrected chi connectivity index (χ2v) is 3.47. The van der Waals surface area contributed by atoms with E-state index in [0.29, 0.717) is 12.3 Å². The Morgan fingerprint density at radius 1 is 1.43 bits per heavy atom. The van der Waals surface area contributed by atoms with Crippen LogP contribution in [0.15, 0.2) is 24.4 Å². The first kappa shape index (κ1) is 9.09. The molecule has 1 aromatic heterocycles.